The van der Waals surface area contributed by atoms with Crippen LogP contribution in [0.5, 0.6) is 0 Å². The highest BCUT2D eigenvalue weighted by molar-refractivity contribution is 7.98. The van der Waals surface area contributed by atoms with E-state index in [4.69, 9.17) is 5.73 Å². The molecule has 0 unspecified atom stereocenters. The highest BCUT2D eigenvalue weighted by Gasteiger charge is 2.18. The lowest BCUT2D eigenvalue weighted by atomic mass is 10.3. The fourth-order valence-corrected chi connectivity index (χ4v) is 2.55. The summed E-state index contributed by atoms with van der Waals surface area (Å²) in [5, 5.41) is 10.7. The van der Waals surface area contributed by atoms with Crippen molar-refractivity contribution in [2.45, 2.75) is 4.90 Å². The molecule has 0 fully saturated rings. The van der Waals surface area contributed by atoms with E-state index in [1.165, 1.54) is 4.68 Å². The van der Waals surface area contributed by atoms with E-state index in [9.17, 15) is 4.79 Å². The summed E-state index contributed by atoms with van der Waals surface area (Å²) >= 11 is 1.62. The fraction of sp³-hybridized carbons (Fsp3) is 0.0625. The normalized spacial score (nSPS) is 10.5. The summed E-state index contributed by atoms with van der Waals surface area (Å²) in [7, 11) is 0. The second-order valence-electron chi connectivity index (χ2n) is 4.76. The second kappa shape index (κ2) is 6.53. The Hall–Kier alpha value is -2.80. The number of thioether (sulfide) groups is 1. The van der Waals surface area contributed by atoms with Crippen LogP contribution in [0.25, 0.3) is 5.69 Å². The van der Waals surface area contributed by atoms with Crippen LogP contribution in [0.2, 0.25) is 0 Å². The van der Waals surface area contributed by atoms with Gasteiger partial charge in [0.05, 0.1) is 5.69 Å². The van der Waals surface area contributed by atoms with Gasteiger partial charge in [-0.3, -0.25) is 4.79 Å². The highest BCUT2D eigenvalue weighted by Crippen LogP contribution is 2.21. The summed E-state index contributed by atoms with van der Waals surface area (Å²) in [6.45, 7) is 0. The first-order valence-electron chi connectivity index (χ1n) is 6.91. The van der Waals surface area contributed by atoms with Crippen LogP contribution in [0.15, 0.2) is 59.5 Å². The number of nitrogens with two attached hydrogens (primary N) is 1. The average Bonchev–Trinajstić information content (AvgIpc) is 2.97. The van der Waals surface area contributed by atoms with Crippen molar-refractivity contribution in [2.75, 3.05) is 17.3 Å². The smallest absolute Gasteiger partial charge is 0.280 e. The van der Waals surface area contributed by atoms with E-state index in [0.717, 1.165) is 10.6 Å². The van der Waals surface area contributed by atoms with Gasteiger partial charge >= 0.3 is 0 Å². The molecule has 0 atom stereocenters. The van der Waals surface area contributed by atoms with Gasteiger partial charge in [0.2, 0.25) is 0 Å². The maximum Gasteiger partial charge on any atom is 0.280 e. The summed E-state index contributed by atoms with van der Waals surface area (Å²) < 4.78 is 1.46. The third kappa shape index (κ3) is 3.19. The maximum atomic E-state index is 12.3. The molecule has 2 aromatic carbocycles. The maximum absolute atomic E-state index is 12.3. The number of benzene rings is 2. The lowest BCUT2D eigenvalue weighted by molar-refractivity contribution is 0.102. The zero-order chi connectivity index (χ0) is 16.2. The number of carbonyl (C=O) groups excluding carboxylic acids is 1. The first-order chi connectivity index (χ1) is 11.2. The molecule has 1 heterocycles. The molecule has 0 radical (unpaired) electrons. The molecule has 0 aliphatic carbocycles. The van der Waals surface area contributed by atoms with Crippen molar-refractivity contribution in [3.05, 3.63) is 60.3 Å². The SMILES string of the molecule is CSc1cccc(-n2nnc(C(=O)Nc3ccccc3)c2N)c1. The topological polar surface area (TPSA) is 85.8 Å². The first-order valence-corrected chi connectivity index (χ1v) is 8.13. The fourth-order valence-electron chi connectivity index (χ4n) is 2.10. The van der Waals surface area contributed by atoms with Crippen LogP contribution in [-0.2, 0) is 0 Å². The molecule has 116 valence electrons. The van der Waals surface area contributed by atoms with Crippen molar-refractivity contribution >= 4 is 29.2 Å². The minimum absolute atomic E-state index is 0.100. The zero-order valence-corrected chi connectivity index (χ0v) is 13.2. The number of hydrogen-bond donors (Lipinski definition) is 2. The van der Waals surface area contributed by atoms with Gasteiger partial charge in [0.15, 0.2) is 11.5 Å². The zero-order valence-electron chi connectivity index (χ0n) is 12.4. The minimum Gasteiger partial charge on any atom is -0.382 e. The van der Waals surface area contributed by atoms with Gasteiger partial charge < -0.3 is 11.1 Å². The molecule has 3 N–H and O–H groups in total. The van der Waals surface area contributed by atoms with Crippen LogP contribution in [0.3, 0.4) is 0 Å². The molecule has 7 heteroatoms. The Morgan fingerprint density at radius 3 is 2.70 bits per heavy atom. The minimum atomic E-state index is -0.388. The van der Waals surface area contributed by atoms with Crippen molar-refractivity contribution in [1.29, 1.82) is 0 Å². The van der Waals surface area contributed by atoms with Crippen LogP contribution >= 0.6 is 11.8 Å². The molecule has 0 spiro atoms. The second-order valence-corrected chi connectivity index (χ2v) is 5.64. The summed E-state index contributed by atoms with van der Waals surface area (Å²) in [6, 6.07) is 16.8. The molecule has 1 aromatic heterocycles. The largest absolute Gasteiger partial charge is 0.382 e. The van der Waals surface area contributed by atoms with Crippen LogP contribution < -0.4 is 11.1 Å². The number of nitrogens with one attached hydrogen (secondary N) is 1. The summed E-state index contributed by atoms with van der Waals surface area (Å²) in [5.41, 5.74) is 7.59. The van der Waals surface area contributed by atoms with Crippen LogP contribution in [0, 0.1) is 0 Å². The van der Waals surface area contributed by atoms with Crippen LogP contribution in [0.1, 0.15) is 10.5 Å². The molecule has 6 nitrogen and oxygen atoms in total. The van der Waals surface area contributed by atoms with Crippen molar-refractivity contribution in [1.82, 2.24) is 15.0 Å². The molecule has 0 bridgehead atoms. The summed E-state index contributed by atoms with van der Waals surface area (Å²) in [4.78, 5) is 13.4. The van der Waals surface area contributed by atoms with E-state index in [1.807, 2.05) is 48.7 Å². The highest BCUT2D eigenvalue weighted by atomic mass is 32.2. The standard InChI is InChI=1S/C16H15N5OS/c1-23-13-9-5-8-12(10-13)21-15(17)14(19-20-21)16(22)18-11-6-3-2-4-7-11/h2-10H,17H2,1H3,(H,18,22). The van der Waals surface area contributed by atoms with Gasteiger partial charge in [-0.2, -0.15) is 4.68 Å². The molecule has 23 heavy (non-hydrogen) atoms. The van der Waals surface area contributed by atoms with Crippen LogP contribution in [-0.4, -0.2) is 27.2 Å². The molecule has 1 amide bonds. The Bertz CT molecular complexity index is 831. The van der Waals surface area contributed by atoms with Crippen molar-refractivity contribution in [2.24, 2.45) is 0 Å². The molecule has 0 aliphatic heterocycles. The van der Waals surface area contributed by atoms with E-state index in [0.29, 0.717) is 5.69 Å². The molecule has 0 saturated heterocycles. The first kappa shape index (κ1) is 15.1. The van der Waals surface area contributed by atoms with Crippen molar-refractivity contribution < 1.29 is 4.79 Å². The Balaban J connectivity index is 1.88. The number of nitrogens with zero attached hydrogens (tertiary/aromatic N) is 3. The molecule has 3 aromatic rings. The van der Waals surface area contributed by atoms with Crippen molar-refractivity contribution in [3.63, 3.8) is 0 Å². The molecular formula is C16H15N5OS. The predicted octanol–water partition coefficient (Wildman–Crippen LogP) is 2.82. The van der Waals surface area contributed by atoms with Gasteiger partial charge in [-0.15, -0.1) is 16.9 Å². The number of hydrogen-bond acceptors (Lipinski definition) is 5. The monoisotopic (exact) mass is 325 g/mol. The van der Waals surface area contributed by atoms with Gasteiger partial charge in [-0.1, -0.05) is 29.5 Å². The van der Waals surface area contributed by atoms with E-state index < -0.39 is 0 Å². The van der Waals surface area contributed by atoms with Gasteiger partial charge in [-0.25, -0.2) is 0 Å². The van der Waals surface area contributed by atoms with E-state index in [-0.39, 0.29) is 17.4 Å². The number of amides is 1. The Kier molecular flexibility index (Phi) is 4.29. The number of nitrogen functional groups attached to an aromatic ring is 1. The lowest BCUT2D eigenvalue weighted by Crippen LogP contribution is -2.15. The third-order valence-electron chi connectivity index (χ3n) is 3.25. The van der Waals surface area contributed by atoms with Gasteiger partial charge in [-0.05, 0) is 36.6 Å². The number of para-hydroxylation sites is 1. The Labute approximate surface area is 137 Å². The number of rotatable bonds is 4. The van der Waals surface area contributed by atoms with E-state index in [1.54, 1.807) is 23.9 Å². The molecule has 3 rings (SSSR count). The summed E-state index contributed by atoms with van der Waals surface area (Å²) in [5.74, 6) is -0.183. The average molecular weight is 325 g/mol. The van der Waals surface area contributed by atoms with Gasteiger partial charge in [0.1, 0.15) is 0 Å². The number of carbonyl (C=O) groups is 1. The summed E-state index contributed by atoms with van der Waals surface area (Å²) in [6.07, 6.45) is 1.99. The Morgan fingerprint density at radius 2 is 1.96 bits per heavy atom. The van der Waals surface area contributed by atoms with Gasteiger partial charge in [0, 0.05) is 10.6 Å². The lowest BCUT2D eigenvalue weighted by Gasteiger charge is -2.06. The van der Waals surface area contributed by atoms with Gasteiger partial charge in [0.25, 0.3) is 5.91 Å². The molecule has 0 saturated carbocycles. The third-order valence-corrected chi connectivity index (χ3v) is 3.97. The quantitative estimate of drug-likeness (QED) is 0.720. The van der Waals surface area contributed by atoms with Crippen molar-refractivity contribution in [3.8, 4) is 5.69 Å². The van der Waals surface area contributed by atoms with E-state index >= 15 is 0 Å². The number of anilines is 2. The van der Waals surface area contributed by atoms with Crippen LogP contribution in [0.4, 0.5) is 11.5 Å². The van der Waals surface area contributed by atoms with E-state index in [2.05, 4.69) is 15.6 Å². The molecule has 0 aliphatic rings. The Morgan fingerprint density at radius 1 is 1.17 bits per heavy atom. The predicted molar refractivity (Wildman–Crippen MR) is 91.9 cm³/mol. The molecular weight excluding hydrogens is 310 g/mol. The number of aromatic nitrogens is 3.